The van der Waals surface area contributed by atoms with Crippen molar-refractivity contribution in [3.8, 4) is 5.75 Å². The number of anilines is 1. The van der Waals surface area contributed by atoms with Crippen molar-refractivity contribution in [2.75, 3.05) is 64.9 Å². The number of aliphatic imine (C=N–C) groups is 1. The Hall–Kier alpha value is -2.01. The van der Waals surface area contributed by atoms with Crippen LogP contribution in [0.5, 0.6) is 5.75 Å². The van der Waals surface area contributed by atoms with Crippen LogP contribution < -0.4 is 15.0 Å². The van der Waals surface area contributed by atoms with E-state index in [1.54, 1.807) is 13.4 Å². The zero-order valence-electron chi connectivity index (χ0n) is 18.4. The summed E-state index contributed by atoms with van der Waals surface area (Å²) in [5, 5.41) is 7.63. The monoisotopic (exact) mass is 540 g/mol. The summed E-state index contributed by atoms with van der Waals surface area (Å²) in [5.74, 6) is 2.55. The second-order valence-electron chi connectivity index (χ2n) is 7.95. The largest absolute Gasteiger partial charge is 0.495 e. The molecule has 1 atom stereocenters. The number of nitrogens with one attached hydrogen (secondary N) is 1. The molecule has 2 saturated heterocycles. The van der Waals surface area contributed by atoms with Crippen LogP contribution in [0.3, 0.4) is 0 Å². The summed E-state index contributed by atoms with van der Waals surface area (Å²) in [4.78, 5) is 11.7. The second kappa shape index (κ2) is 11.6. The highest BCUT2D eigenvalue weighted by atomic mass is 127. The fourth-order valence-electron chi connectivity index (χ4n) is 4.34. The van der Waals surface area contributed by atoms with Crippen LogP contribution in [-0.2, 0) is 6.54 Å². The number of nitrogens with zero attached hydrogens (tertiary/aromatic N) is 5. The predicted octanol–water partition coefficient (Wildman–Crippen LogP) is 2.52. The molecule has 0 radical (unpaired) electrons. The summed E-state index contributed by atoms with van der Waals surface area (Å²) in [6.07, 6.45) is 2.81. The van der Waals surface area contributed by atoms with Crippen LogP contribution in [0.2, 0.25) is 0 Å². The molecule has 170 valence electrons. The second-order valence-corrected chi connectivity index (χ2v) is 7.95. The third-order valence-corrected chi connectivity index (χ3v) is 6.02. The van der Waals surface area contributed by atoms with Gasteiger partial charge in [0.1, 0.15) is 12.0 Å². The predicted molar refractivity (Wildman–Crippen MR) is 133 cm³/mol. The Labute approximate surface area is 201 Å². The van der Waals surface area contributed by atoms with Gasteiger partial charge in [-0.1, -0.05) is 17.3 Å². The van der Waals surface area contributed by atoms with Crippen molar-refractivity contribution in [1.29, 1.82) is 0 Å². The van der Waals surface area contributed by atoms with Crippen LogP contribution >= 0.6 is 24.0 Å². The van der Waals surface area contributed by atoms with Crippen LogP contribution in [-0.4, -0.2) is 80.9 Å². The Balaban J connectivity index is 0.00000272. The average molecular weight is 540 g/mol. The topological polar surface area (TPSA) is 69.4 Å². The van der Waals surface area contributed by atoms with Crippen molar-refractivity contribution in [2.45, 2.75) is 13.0 Å². The number of ether oxygens (including phenoxy) is 1. The molecule has 2 aliphatic rings. The summed E-state index contributed by atoms with van der Waals surface area (Å²) in [7, 11) is 3.61. The summed E-state index contributed by atoms with van der Waals surface area (Å²) in [5.41, 5.74) is 2.18. The Bertz CT molecular complexity index is 823. The van der Waals surface area contributed by atoms with E-state index in [1.807, 2.05) is 25.2 Å². The van der Waals surface area contributed by atoms with E-state index in [0.717, 1.165) is 69.8 Å². The lowest BCUT2D eigenvalue weighted by molar-refractivity contribution is 0.169. The van der Waals surface area contributed by atoms with Crippen molar-refractivity contribution in [2.24, 2.45) is 10.9 Å². The third kappa shape index (κ3) is 6.03. The summed E-state index contributed by atoms with van der Waals surface area (Å²) >= 11 is 0. The van der Waals surface area contributed by atoms with Crippen molar-refractivity contribution in [1.82, 2.24) is 20.3 Å². The first-order valence-corrected chi connectivity index (χ1v) is 10.7. The maximum atomic E-state index is 5.53. The van der Waals surface area contributed by atoms with Gasteiger partial charge in [0, 0.05) is 65.5 Å². The molecule has 0 aliphatic carbocycles. The minimum atomic E-state index is 0. The maximum absolute atomic E-state index is 5.53. The summed E-state index contributed by atoms with van der Waals surface area (Å²) in [6, 6.07) is 10.2. The van der Waals surface area contributed by atoms with Gasteiger partial charge in [-0.15, -0.1) is 24.0 Å². The van der Waals surface area contributed by atoms with Crippen molar-refractivity contribution >= 4 is 35.6 Å². The number of hydrogen-bond donors (Lipinski definition) is 1. The molecule has 1 unspecified atom stereocenters. The first-order valence-electron chi connectivity index (χ1n) is 10.7. The number of guanidine groups is 1. The van der Waals surface area contributed by atoms with Crippen LogP contribution in [0.25, 0.3) is 0 Å². The Morgan fingerprint density at radius 1 is 1.19 bits per heavy atom. The molecule has 2 aliphatic heterocycles. The van der Waals surface area contributed by atoms with Crippen molar-refractivity contribution in [3.05, 3.63) is 42.3 Å². The number of piperazine rings is 1. The van der Waals surface area contributed by atoms with E-state index in [1.165, 1.54) is 12.1 Å². The molecule has 3 heterocycles. The van der Waals surface area contributed by atoms with E-state index in [2.05, 4.69) is 42.3 Å². The van der Waals surface area contributed by atoms with Crippen LogP contribution in [0.15, 0.2) is 46.1 Å². The molecule has 8 nitrogen and oxygen atoms in total. The lowest BCUT2D eigenvalue weighted by Gasteiger charge is -2.36. The van der Waals surface area contributed by atoms with E-state index in [-0.39, 0.29) is 24.0 Å². The van der Waals surface area contributed by atoms with E-state index in [4.69, 9.17) is 9.26 Å². The fourth-order valence-corrected chi connectivity index (χ4v) is 4.34. The van der Waals surface area contributed by atoms with E-state index >= 15 is 0 Å². The van der Waals surface area contributed by atoms with Crippen LogP contribution in [0, 0.1) is 5.92 Å². The molecule has 0 saturated carbocycles. The first kappa shape index (κ1) is 23.6. The molecular formula is C22H33IN6O2. The van der Waals surface area contributed by atoms with Gasteiger partial charge >= 0.3 is 0 Å². The van der Waals surface area contributed by atoms with Crippen molar-refractivity contribution < 1.29 is 9.26 Å². The van der Waals surface area contributed by atoms with Gasteiger partial charge in [0.15, 0.2) is 5.96 Å². The van der Waals surface area contributed by atoms with Gasteiger partial charge < -0.3 is 24.4 Å². The van der Waals surface area contributed by atoms with Gasteiger partial charge in [0.05, 0.1) is 18.5 Å². The zero-order valence-corrected chi connectivity index (χ0v) is 20.7. The third-order valence-electron chi connectivity index (χ3n) is 6.02. The fraction of sp³-hybridized carbons (Fsp3) is 0.545. The smallest absolute Gasteiger partial charge is 0.193 e. The molecule has 0 bridgehead atoms. The summed E-state index contributed by atoms with van der Waals surface area (Å²) in [6.45, 7) is 7.82. The number of para-hydroxylation sites is 2. The standard InChI is InChI=1S/C22H32N6O2.HI/c1-23-22(27-12-10-26(11-13-27)17-19-8-14-30-25-19)24-15-18-7-9-28(16-18)20-5-3-4-6-21(20)29-2;/h3-6,8,14,18H,7,9-13,15-17H2,1-2H3,(H,23,24);1H. The van der Waals surface area contributed by atoms with E-state index in [0.29, 0.717) is 5.92 Å². The van der Waals surface area contributed by atoms with Gasteiger partial charge in [0.2, 0.25) is 0 Å². The Kier molecular flexibility index (Phi) is 8.82. The normalized spacial score (nSPS) is 19.9. The van der Waals surface area contributed by atoms with E-state index < -0.39 is 0 Å². The maximum Gasteiger partial charge on any atom is 0.193 e. The highest BCUT2D eigenvalue weighted by molar-refractivity contribution is 14.0. The molecule has 0 amide bonds. The molecule has 9 heteroatoms. The van der Waals surface area contributed by atoms with Gasteiger partial charge in [-0.25, -0.2) is 0 Å². The van der Waals surface area contributed by atoms with Gasteiger partial charge in [-0.3, -0.25) is 9.89 Å². The number of rotatable bonds is 6. The highest BCUT2D eigenvalue weighted by Gasteiger charge is 2.26. The molecule has 2 fully saturated rings. The minimum absolute atomic E-state index is 0. The SMILES string of the molecule is CN=C(NCC1CCN(c2ccccc2OC)C1)N1CCN(Cc2ccon2)CC1.I. The molecule has 4 rings (SSSR count). The quantitative estimate of drug-likeness (QED) is 0.343. The molecule has 2 aromatic rings. The number of aromatic nitrogens is 1. The number of benzene rings is 1. The lowest BCUT2D eigenvalue weighted by atomic mass is 10.1. The molecular weight excluding hydrogens is 507 g/mol. The average Bonchev–Trinajstić information content (AvgIpc) is 3.47. The molecule has 1 N–H and O–H groups in total. The van der Waals surface area contributed by atoms with Gasteiger partial charge in [0.25, 0.3) is 0 Å². The molecule has 1 aromatic heterocycles. The minimum Gasteiger partial charge on any atom is -0.495 e. The van der Waals surface area contributed by atoms with Crippen LogP contribution in [0.1, 0.15) is 12.1 Å². The molecule has 1 aromatic carbocycles. The lowest BCUT2D eigenvalue weighted by Crippen LogP contribution is -2.52. The Morgan fingerprint density at radius 3 is 2.71 bits per heavy atom. The van der Waals surface area contributed by atoms with Crippen molar-refractivity contribution in [3.63, 3.8) is 0 Å². The van der Waals surface area contributed by atoms with E-state index in [9.17, 15) is 0 Å². The molecule has 0 spiro atoms. The van der Waals surface area contributed by atoms with Gasteiger partial charge in [-0.2, -0.15) is 0 Å². The Morgan fingerprint density at radius 2 is 2.00 bits per heavy atom. The number of halogens is 1. The molecule has 31 heavy (non-hydrogen) atoms. The van der Waals surface area contributed by atoms with Crippen LogP contribution in [0.4, 0.5) is 5.69 Å². The number of hydrogen-bond acceptors (Lipinski definition) is 6. The highest BCUT2D eigenvalue weighted by Crippen LogP contribution is 2.31. The summed E-state index contributed by atoms with van der Waals surface area (Å²) < 4.78 is 10.5. The zero-order chi connectivity index (χ0) is 20.8. The first-order chi connectivity index (χ1) is 14.8. The van der Waals surface area contributed by atoms with Gasteiger partial charge in [-0.05, 0) is 24.5 Å². The number of methoxy groups -OCH3 is 1.